The van der Waals surface area contributed by atoms with Crippen LogP contribution < -0.4 is 10.5 Å². The maximum absolute atomic E-state index is 13.4. The molecule has 1 aromatic heterocycles. The lowest BCUT2D eigenvalue weighted by Crippen LogP contribution is -1.96. The molecule has 17 heavy (non-hydrogen) atoms. The maximum atomic E-state index is 13.4. The Morgan fingerprint density at radius 3 is 2.82 bits per heavy atom. The minimum Gasteiger partial charge on any atom is -0.494 e. The van der Waals surface area contributed by atoms with E-state index in [1.54, 1.807) is 12.3 Å². The fourth-order valence-electron chi connectivity index (χ4n) is 1.34. The van der Waals surface area contributed by atoms with E-state index >= 15 is 0 Å². The number of aryl methyl sites for hydroxylation is 1. The summed E-state index contributed by atoms with van der Waals surface area (Å²) in [7, 11) is 3.30. The Balaban J connectivity index is 2.36. The lowest BCUT2D eigenvalue weighted by atomic mass is 10.3. The Morgan fingerprint density at radius 2 is 2.24 bits per heavy atom. The van der Waals surface area contributed by atoms with Crippen molar-refractivity contribution < 1.29 is 9.13 Å². The van der Waals surface area contributed by atoms with Gasteiger partial charge in [-0.25, -0.2) is 9.37 Å². The first-order chi connectivity index (χ1) is 8.11. The number of halogens is 1. The number of ether oxygens (including phenoxy) is 1. The van der Waals surface area contributed by atoms with E-state index in [0.717, 1.165) is 10.1 Å². The van der Waals surface area contributed by atoms with Crippen LogP contribution in [-0.2, 0) is 7.05 Å². The number of imidazole rings is 1. The van der Waals surface area contributed by atoms with Crippen LogP contribution in [-0.4, -0.2) is 16.7 Å². The molecule has 0 saturated carbocycles. The summed E-state index contributed by atoms with van der Waals surface area (Å²) in [6.07, 6.45) is 3.53. The minimum atomic E-state index is -0.464. The second-order valence-electron chi connectivity index (χ2n) is 3.45. The summed E-state index contributed by atoms with van der Waals surface area (Å²) in [5, 5.41) is 0.783. The highest BCUT2D eigenvalue weighted by atomic mass is 32.2. The maximum Gasteiger partial charge on any atom is 0.172 e. The van der Waals surface area contributed by atoms with Crippen LogP contribution in [0.1, 0.15) is 0 Å². The van der Waals surface area contributed by atoms with E-state index in [4.69, 9.17) is 10.5 Å². The molecule has 0 unspecified atom stereocenters. The molecule has 0 atom stereocenters. The van der Waals surface area contributed by atoms with Crippen molar-refractivity contribution in [2.45, 2.75) is 10.1 Å². The molecular formula is C11H12FN3OS. The summed E-state index contributed by atoms with van der Waals surface area (Å²) < 4.78 is 20.1. The van der Waals surface area contributed by atoms with Crippen molar-refractivity contribution in [3.05, 3.63) is 30.3 Å². The molecular weight excluding hydrogens is 241 g/mol. The SMILES string of the molecule is COc1cc(Sc2nccn2C)c(N)cc1F. The van der Waals surface area contributed by atoms with E-state index in [0.29, 0.717) is 5.69 Å². The molecule has 6 heteroatoms. The predicted molar refractivity (Wildman–Crippen MR) is 64.7 cm³/mol. The van der Waals surface area contributed by atoms with Crippen molar-refractivity contribution in [1.82, 2.24) is 9.55 Å². The van der Waals surface area contributed by atoms with Crippen LogP contribution in [0.4, 0.5) is 10.1 Å². The molecule has 4 nitrogen and oxygen atoms in total. The molecule has 0 bridgehead atoms. The number of methoxy groups -OCH3 is 1. The average molecular weight is 253 g/mol. The van der Waals surface area contributed by atoms with Gasteiger partial charge in [-0.3, -0.25) is 0 Å². The summed E-state index contributed by atoms with van der Waals surface area (Å²) in [4.78, 5) is 4.89. The van der Waals surface area contributed by atoms with Crippen molar-refractivity contribution in [2.75, 3.05) is 12.8 Å². The number of nitrogens with two attached hydrogens (primary N) is 1. The first-order valence-corrected chi connectivity index (χ1v) is 5.71. The van der Waals surface area contributed by atoms with Crippen LogP contribution in [0.5, 0.6) is 5.75 Å². The van der Waals surface area contributed by atoms with Gasteiger partial charge in [-0.15, -0.1) is 0 Å². The predicted octanol–water partition coefficient (Wildman–Crippen LogP) is 2.30. The van der Waals surface area contributed by atoms with Crippen molar-refractivity contribution in [3.63, 3.8) is 0 Å². The molecule has 0 spiro atoms. The Labute approximate surface area is 103 Å². The van der Waals surface area contributed by atoms with Crippen molar-refractivity contribution in [1.29, 1.82) is 0 Å². The molecule has 2 rings (SSSR count). The zero-order valence-electron chi connectivity index (χ0n) is 9.48. The first kappa shape index (κ1) is 11.8. The van der Waals surface area contributed by atoms with Gasteiger partial charge in [-0.05, 0) is 17.8 Å². The first-order valence-electron chi connectivity index (χ1n) is 4.90. The smallest absolute Gasteiger partial charge is 0.172 e. The molecule has 2 aromatic rings. The van der Waals surface area contributed by atoms with Crippen molar-refractivity contribution in [3.8, 4) is 5.75 Å². The molecule has 2 N–H and O–H groups in total. The van der Waals surface area contributed by atoms with E-state index in [9.17, 15) is 4.39 Å². The van der Waals surface area contributed by atoms with Crippen LogP contribution in [0.3, 0.4) is 0 Å². The number of hydrogen-bond donors (Lipinski definition) is 1. The number of benzene rings is 1. The second-order valence-corrected chi connectivity index (χ2v) is 4.46. The molecule has 0 saturated heterocycles. The number of anilines is 1. The largest absolute Gasteiger partial charge is 0.494 e. The van der Waals surface area contributed by atoms with Crippen LogP contribution >= 0.6 is 11.8 Å². The fraction of sp³-hybridized carbons (Fsp3) is 0.182. The van der Waals surface area contributed by atoms with Gasteiger partial charge in [0.1, 0.15) is 0 Å². The quantitative estimate of drug-likeness (QED) is 0.853. The summed E-state index contributed by atoms with van der Waals surface area (Å²) in [5.41, 5.74) is 6.13. The minimum absolute atomic E-state index is 0.177. The van der Waals surface area contributed by atoms with Gasteiger partial charge in [0, 0.05) is 36.1 Å². The highest BCUT2D eigenvalue weighted by Crippen LogP contribution is 2.34. The van der Waals surface area contributed by atoms with Crippen LogP contribution in [0, 0.1) is 5.82 Å². The third-order valence-corrected chi connectivity index (χ3v) is 3.41. The lowest BCUT2D eigenvalue weighted by Gasteiger charge is -2.08. The zero-order valence-corrected chi connectivity index (χ0v) is 10.3. The van der Waals surface area contributed by atoms with Gasteiger partial charge in [0.2, 0.25) is 0 Å². The number of nitrogens with zero attached hydrogens (tertiary/aromatic N) is 2. The van der Waals surface area contributed by atoms with Gasteiger partial charge in [0.15, 0.2) is 16.7 Å². The topological polar surface area (TPSA) is 53.1 Å². The van der Waals surface area contributed by atoms with Crippen LogP contribution in [0.15, 0.2) is 34.6 Å². The van der Waals surface area contributed by atoms with E-state index in [1.165, 1.54) is 24.9 Å². The molecule has 0 aliphatic heterocycles. The molecule has 0 radical (unpaired) electrons. The zero-order chi connectivity index (χ0) is 12.4. The summed E-state index contributed by atoms with van der Waals surface area (Å²) in [6.45, 7) is 0. The van der Waals surface area contributed by atoms with Crippen molar-refractivity contribution >= 4 is 17.4 Å². The van der Waals surface area contributed by atoms with Gasteiger partial charge in [-0.1, -0.05) is 0 Å². The van der Waals surface area contributed by atoms with Gasteiger partial charge in [-0.2, -0.15) is 0 Å². The summed E-state index contributed by atoms with van der Waals surface area (Å²) >= 11 is 1.37. The Bertz CT molecular complexity index is 542. The summed E-state index contributed by atoms with van der Waals surface area (Å²) in [6, 6.07) is 2.83. The molecule has 0 amide bonds. The molecule has 1 aromatic carbocycles. The molecule has 1 heterocycles. The highest BCUT2D eigenvalue weighted by Gasteiger charge is 2.11. The van der Waals surface area contributed by atoms with Gasteiger partial charge < -0.3 is 15.0 Å². The third kappa shape index (κ3) is 2.36. The monoisotopic (exact) mass is 253 g/mol. The molecule has 90 valence electrons. The third-order valence-electron chi connectivity index (χ3n) is 2.26. The highest BCUT2D eigenvalue weighted by molar-refractivity contribution is 7.99. The number of hydrogen-bond acceptors (Lipinski definition) is 4. The summed E-state index contributed by atoms with van der Waals surface area (Å²) in [5.74, 6) is -0.287. The Morgan fingerprint density at radius 1 is 1.47 bits per heavy atom. The van der Waals surface area contributed by atoms with Crippen LogP contribution in [0.2, 0.25) is 0 Å². The molecule has 0 aliphatic carbocycles. The van der Waals surface area contributed by atoms with Gasteiger partial charge in [0.05, 0.1) is 7.11 Å². The van der Waals surface area contributed by atoms with Crippen molar-refractivity contribution in [2.24, 2.45) is 7.05 Å². The Hall–Kier alpha value is -1.69. The van der Waals surface area contributed by atoms with E-state index < -0.39 is 5.82 Å². The van der Waals surface area contributed by atoms with Gasteiger partial charge >= 0.3 is 0 Å². The van der Waals surface area contributed by atoms with Gasteiger partial charge in [0.25, 0.3) is 0 Å². The standard InChI is InChI=1S/C11H12FN3OS/c1-15-4-3-14-11(15)17-10-6-9(16-2)7(12)5-8(10)13/h3-6H,13H2,1-2H3. The second kappa shape index (κ2) is 4.67. The van der Waals surface area contributed by atoms with Crippen LogP contribution in [0.25, 0.3) is 0 Å². The van der Waals surface area contributed by atoms with E-state index in [2.05, 4.69) is 4.98 Å². The normalized spacial score (nSPS) is 10.5. The van der Waals surface area contributed by atoms with E-state index in [1.807, 2.05) is 17.8 Å². The number of nitrogen functional groups attached to an aromatic ring is 1. The van der Waals surface area contributed by atoms with E-state index in [-0.39, 0.29) is 5.75 Å². The number of rotatable bonds is 3. The number of aromatic nitrogens is 2. The molecule has 0 fully saturated rings. The average Bonchev–Trinajstić information content (AvgIpc) is 2.68. The Kier molecular flexibility index (Phi) is 3.23. The fourth-order valence-corrected chi connectivity index (χ4v) is 2.20. The molecule has 0 aliphatic rings. The lowest BCUT2D eigenvalue weighted by molar-refractivity contribution is 0.385.